The molecule has 19 heavy (non-hydrogen) atoms. The highest BCUT2D eigenvalue weighted by molar-refractivity contribution is 5.27. The van der Waals surface area contributed by atoms with Crippen LogP contribution in [0, 0.1) is 18.2 Å². The molecule has 1 fully saturated rings. The predicted octanol–water partition coefficient (Wildman–Crippen LogP) is 3.26. The summed E-state index contributed by atoms with van der Waals surface area (Å²) in [6.07, 6.45) is 2.48. The van der Waals surface area contributed by atoms with E-state index in [1.165, 1.54) is 12.8 Å². The van der Waals surface area contributed by atoms with E-state index in [1.54, 1.807) is 6.07 Å². The van der Waals surface area contributed by atoms with Gasteiger partial charge in [-0.1, -0.05) is 26.0 Å². The first-order valence-corrected chi connectivity index (χ1v) is 7.13. The van der Waals surface area contributed by atoms with Crippen molar-refractivity contribution in [3.63, 3.8) is 0 Å². The van der Waals surface area contributed by atoms with E-state index >= 15 is 0 Å². The molecule has 0 aromatic heterocycles. The molecule has 1 atom stereocenters. The van der Waals surface area contributed by atoms with Crippen molar-refractivity contribution < 1.29 is 4.39 Å². The van der Waals surface area contributed by atoms with Gasteiger partial charge in [-0.3, -0.25) is 4.90 Å². The molecule has 0 aliphatic carbocycles. The normalized spacial score (nSPS) is 21.3. The molecule has 0 spiro atoms. The molecular weight excluding hydrogens is 239 g/mol. The van der Waals surface area contributed by atoms with Crippen LogP contribution in [0.1, 0.15) is 43.9 Å². The van der Waals surface area contributed by atoms with Crippen LogP contribution < -0.4 is 5.73 Å². The molecule has 1 aliphatic heterocycles. The molecule has 2 nitrogen and oxygen atoms in total. The second kappa shape index (κ2) is 5.59. The van der Waals surface area contributed by atoms with Crippen LogP contribution in [0.25, 0.3) is 0 Å². The van der Waals surface area contributed by atoms with Gasteiger partial charge in [0.1, 0.15) is 5.82 Å². The van der Waals surface area contributed by atoms with Gasteiger partial charge in [0, 0.05) is 19.1 Å². The van der Waals surface area contributed by atoms with Gasteiger partial charge in [0.05, 0.1) is 0 Å². The number of rotatable bonds is 3. The molecule has 2 rings (SSSR count). The second-order valence-corrected chi connectivity index (χ2v) is 6.50. The number of aryl methyl sites for hydroxylation is 1. The number of likely N-dealkylation sites (tertiary alicyclic amines) is 1. The SMILES string of the molecule is Cc1cc(C(CN)N2CCCC(C)(C)C2)ccc1F. The first-order valence-electron chi connectivity index (χ1n) is 7.13. The number of hydrogen-bond donors (Lipinski definition) is 1. The number of halogens is 1. The van der Waals surface area contributed by atoms with E-state index in [9.17, 15) is 4.39 Å². The Hall–Kier alpha value is -0.930. The van der Waals surface area contributed by atoms with E-state index in [-0.39, 0.29) is 11.9 Å². The minimum absolute atomic E-state index is 0.140. The average Bonchev–Trinajstić information content (AvgIpc) is 2.33. The van der Waals surface area contributed by atoms with Crippen LogP contribution in [-0.2, 0) is 0 Å². The topological polar surface area (TPSA) is 29.3 Å². The Morgan fingerprint density at radius 1 is 1.42 bits per heavy atom. The smallest absolute Gasteiger partial charge is 0.126 e. The summed E-state index contributed by atoms with van der Waals surface area (Å²) in [5.74, 6) is -0.140. The monoisotopic (exact) mass is 264 g/mol. The van der Waals surface area contributed by atoms with Crippen molar-refractivity contribution in [2.45, 2.75) is 39.7 Å². The van der Waals surface area contributed by atoms with Crippen LogP contribution in [-0.4, -0.2) is 24.5 Å². The highest BCUT2D eigenvalue weighted by atomic mass is 19.1. The lowest BCUT2D eigenvalue weighted by Crippen LogP contribution is -2.44. The van der Waals surface area contributed by atoms with Gasteiger partial charge in [-0.05, 0) is 48.9 Å². The number of piperidine rings is 1. The minimum Gasteiger partial charge on any atom is -0.329 e. The molecule has 0 bridgehead atoms. The van der Waals surface area contributed by atoms with E-state index in [2.05, 4.69) is 18.7 Å². The molecular formula is C16H25FN2. The molecule has 0 saturated carbocycles. The van der Waals surface area contributed by atoms with Crippen molar-refractivity contribution in [1.29, 1.82) is 0 Å². The molecule has 0 radical (unpaired) electrons. The van der Waals surface area contributed by atoms with Gasteiger partial charge < -0.3 is 5.73 Å². The summed E-state index contributed by atoms with van der Waals surface area (Å²) in [5, 5.41) is 0. The van der Waals surface area contributed by atoms with Gasteiger partial charge >= 0.3 is 0 Å². The second-order valence-electron chi connectivity index (χ2n) is 6.50. The maximum atomic E-state index is 13.4. The number of nitrogens with zero attached hydrogens (tertiary/aromatic N) is 1. The average molecular weight is 264 g/mol. The Morgan fingerprint density at radius 3 is 2.74 bits per heavy atom. The zero-order valence-electron chi connectivity index (χ0n) is 12.2. The largest absolute Gasteiger partial charge is 0.329 e. The van der Waals surface area contributed by atoms with Gasteiger partial charge in [-0.15, -0.1) is 0 Å². The summed E-state index contributed by atoms with van der Waals surface area (Å²) in [6, 6.07) is 5.58. The quantitative estimate of drug-likeness (QED) is 0.908. The van der Waals surface area contributed by atoms with Gasteiger partial charge in [-0.2, -0.15) is 0 Å². The minimum atomic E-state index is -0.140. The fraction of sp³-hybridized carbons (Fsp3) is 0.625. The molecule has 0 amide bonds. The van der Waals surface area contributed by atoms with Gasteiger partial charge in [0.15, 0.2) is 0 Å². The first-order chi connectivity index (χ1) is 8.93. The molecule has 3 heteroatoms. The summed E-state index contributed by atoms with van der Waals surface area (Å²) < 4.78 is 13.4. The third-order valence-electron chi connectivity index (χ3n) is 4.16. The van der Waals surface area contributed by atoms with Crippen LogP contribution in [0.2, 0.25) is 0 Å². The third kappa shape index (κ3) is 3.34. The lowest BCUT2D eigenvalue weighted by atomic mass is 9.83. The van der Waals surface area contributed by atoms with E-state index in [0.29, 0.717) is 17.5 Å². The van der Waals surface area contributed by atoms with Crippen molar-refractivity contribution in [3.05, 3.63) is 35.1 Å². The molecule has 1 aromatic rings. The predicted molar refractivity (Wildman–Crippen MR) is 77.5 cm³/mol. The molecule has 1 aliphatic rings. The zero-order valence-corrected chi connectivity index (χ0v) is 12.2. The summed E-state index contributed by atoms with van der Waals surface area (Å²) >= 11 is 0. The maximum Gasteiger partial charge on any atom is 0.126 e. The van der Waals surface area contributed by atoms with Crippen molar-refractivity contribution >= 4 is 0 Å². The number of nitrogens with two attached hydrogens (primary N) is 1. The molecule has 1 unspecified atom stereocenters. The van der Waals surface area contributed by atoms with E-state index in [1.807, 2.05) is 19.1 Å². The lowest BCUT2D eigenvalue weighted by Gasteiger charge is -2.42. The lowest BCUT2D eigenvalue weighted by molar-refractivity contribution is 0.0806. The summed E-state index contributed by atoms with van der Waals surface area (Å²) in [6.45, 7) is 9.16. The molecule has 106 valence electrons. The zero-order chi connectivity index (χ0) is 14.0. The number of benzene rings is 1. The molecule has 1 aromatic carbocycles. The van der Waals surface area contributed by atoms with Crippen LogP contribution in [0.4, 0.5) is 4.39 Å². The van der Waals surface area contributed by atoms with Gasteiger partial charge in [0.25, 0.3) is 0 Å². The fourth-order valence-corrected chi connectivity index (χ4v) is 3.11. The van der Waals surface area contributed by atoms with Crippen LogP contribution >= 0.6 is 0 Å². The van der Waals surface area contributed by atoms with E-state index < -0.39 is 0 Å². The van der Waals surface area contributed by atoms with Crippen molar-refractivity contribution in [2.24, 2.45) is 11.1 Å². The standard InChI is InChI=1S/C16H25FN2/c1-12-9-13(5-6-14(12)17)15(10-18)19-8-4-7-16(2,3)11-19/h5-6,9,15H,4,7-8,10-11,18H2,1-3H3. The summed E-state index contributed by atoms with van der Waals surface area (Å²) in [4.78, 5) is 2.45. The van der Waals surface area contributed by atoms with Crippen molar-refractivity contribution in [2.75, 3.05) is 19.6 Å². The molecule has 1 heterocycles. The van der Waals surface area contributed by atoms with Crippen LogP contribution in [0.15, 0.2) is 18.2 Å². The van der Waals surface area contributed by atoms with Crippen LogP contribution in [0.3, 0.4) is 0 Å². The van der Waals surface area contributed by atoms with Crippen molar-refractivity contribution in [1.82, 2.24) is 4.90 Å². The van der Waals surface area contributed by atoms with E-state index in [4.69, 9.17) is 5.73 Å². The highest BCUT2D eigenvalue weighted by Gasteiger charge is 2.30. The summed E-state index contributed by atoms with van der Waals surface area (Å²) in [5.41, 5.74) is 8.16. The highest BCUT2D eigenvalue weighted by Crippen LogP contribution is 2.33. The van der Waals surface area contributed by atoms with Crippen molar-refractivity contribution in [3.8, 4) is 0 Å². The summed E-state index contributed by atoms with van der Waals surface area (Å²) in [7, 11) is 0. The van der Waals surface area contributed by atoms with E-state index in [0.717, 1.165) is 18.7 Å². The van der Waals surface area contributed by atoms with Gasteiger partial charge in [-0.25, -0.2) is 4.39 Å². The Bertz CT molecular complexity index is 442. The molecule has 2 N–H and O–H groups in total. The fourth-order valence-electron chi connectivity index (χ4n) is 3.11. The maximum absolute atomic E-state index is 13.4. The number of hydrogen-bond acceptors (Lipinski definition) is 2. The Labute approximate surface area is 115 Å². The third-order valence-corrected chi connectivity index (χ3v) is 4.16. The first kappa shape index (κ1) is 14.5. The Balaban J connectivity index is 2.21. The van der Waals surface area contributed by atoms with Crippen LogP contribution in [0.5, 0.6) is 0 Å². The molecule has 1 saturated heterocycles. The Kier molecular flexibility index (Phi) is 4.26. The Morgan fingerprint density at radius 2 is 2.16 bits per heavy atom. The van der Waals surface area contributed by atoms with Gasteiger partial charge in [0.2, 0.25) is 0 Å².